The molecule has 1 rings (SSSR count). The fourth-order valence-electron chi connectivity index (χ4n) is 1.44. The summed E-state index contributed by atoms with van der Waals surface area (Å²) in [5, 5.41) is 12.2. The average molecular weight is 242 g/mol. The number of nitrogens with one attached hydrogen (secondary N) is 2. The minimum Gasteiger partial charge on any atom is -0.391 e. The van der Waals surface area contributed by atoms with E-state index in [0.29, 0.717) is 13.0 Å². The topological polar surface area (TPSA) is 113 Å². The van der Waals surface area contributed by atoms with Gasteiger partial charge in [0.2, 0.25) is 0 Å². The fraction of sp³-hybridized carbons (Fsp3) is 0.600. The second-order valence-electron chi connectivity index (χ2n) is 3.71. The smallest absolute Gasteiger partial charge is 0.330 e. The second kappa shape index (κ2) is 5.53. The highest BCUT2D eigenvalue weighted by atomic mass is 16.3. The van der Waals surface area contributed by atoms with Crippen molar-refractivity contribution < 1.29 is 5.11 Å². The van der Waals surface area contributed by atoms with Gasteiger partial charge in [-0.25, -0.2) is 4.79 Å². The number of hydrogen-bond donors (Lipinski definition) is 4. The first-order valence-corrected chi connectivity index (χ1v) is 5.55. The summed E-state index contributed by atoms with van der Waals surface area (Å²) in [5.74, 6) is 0.0875. The van der Waals surface area contributed by atoms with Gasteiger partial charge in [0.1, 0.15) is 11.5 Å². The lowest BCUT2D eigenvalue weighted by molar-refractivity contribution is 0.183. The summed E-state index contributed by atoms with van der Waals surface area (Å²) in [5.41, 5.74) is 4.75. The Hall–Kier alpha value is -1.76. The third kappa shape index (κ3) is 2.88. The number of aromatic amines is 1. The van der Waals surface area contributed by atoms with Gasteiger partial charge in [0.05, 0.1) is 6.10 Å². The minimum atomic E-state index is -0.569. The van der Waals surface area contributed by atoms with Crippen LogP contribution in [0.3, 0.4) is 0 Å². The van der Waals surface area contributed by atoms with E-state index in [9.17, 15) is 14.7 Å². The molecule has 1 unspecified atom stereocenters. The highest BCUT2D eigenvalue weighted by Crippen LogP contribution is 2.09. The predicted molar refractivity (Wildman–Crippen MR) is 66.2 cm³/mol. The van der Waals surface area contributed by atoms with Crippen LogP contribution in [0, 0.1) is 0 Å². The van der Waals surface area contributed by atoms with Crippen molar-refractivity contribution in [1.82, 2.24) is 9.55 Å². The van der Waals surface area contributed by atoms with E-state index in [4.69, 9.17) is 5.73 Å². The Balaban J connectivity index is 3.07. The van der Waals surface area contributed by atoms with Crippen molar-refractivity contribution in [3.05, 3.63) is 20.8 Å². The summed E-state index contributed by atoms with van der Waals surface area (Å²) in [7, 11) is 0. The van der Waals surface area contributed by atoms with Crippen LogP contribution in [0.4, 0.5) is 11.5 Å². The standard InChI is InChI=1S/C10H18N4O3/c1-3-6(15)5-12-7-8(11)14(4-2)10(17)13-9(7)16/h6,12,15H,3-5,11H2,1-2H3,(H,13,16,17). The Morgan fingerprint density at radius 1 is 1.47 bits per heavy atom. The normalized spacial score (nSPS) is 12.4. The third-order valence-electron chi connectivity index (χ3n) is 2.54. The zero-order valence-electron chi connectivity index (χ0n) is 9.99. The molecule has 0 bridgehead atoms. The van der Waals surface area contributed by atoms with Crippen molar-refractivity contribution in [2.24, 2.45) is 0 Å². The second-order valence-corrected chi connectivity index (χ2v) is 3.71. The zero-order chi connectivity index (χ0) is 13.0. The van der Waals surface area contributed by atoms with Gasteiger partial charge in [-0.05, 0) is 13.3 Å². The molecule has 17 heavy (non-hydrogen) atoms. The van der Waals surface area contributed by atoms with Crippen molar-refractivity contribution in [3.63, 3.8) is 0 Å². The number of nitrogen functional groups attached to an aromatic ring is 1. The molecule has 1 atom stereocenters. The number of rotatable bonds is 5. The Bertz CT molecular complexity index is 491. The van der Waals surface area contributed by atoms with E-state index in [0.717, 1.165) is 0 Å². The molecule has 7 nitrogen and oxygen atoms in total. The largest absolute Gasteiger partial charge is 0.391 e. The maximum atomic E-state index is 11.5. The molecule has 0 radical (unpaired) electrons. The molecule has 7 heteroatoms. The van der Waals surface area contributed by atoms with Crippen LogP contribution in [0.5, 0.6) is 0 Å². The van der Waals surface area contributed by atoms with E-state index in [-0.39, 0.29) is 18.1 Å². The number of nitrogens with two attached hydrogens (primary N) is 1. The molecule has 0 spiro atoms. The third-order valence-corrected chi connectivity index (χ3v) is 2.54. The van der Waals surface area contributed by atoms with E-state index >= 15 is 0 Å². The van der Waals surface area contributed by atoms with Crippen molar-refractivity contribution in [1.29, 1.82) is 0 Å². The molecule has 96 valence electrons. The Kier molecular flexibility index (Phi) is 4.33. The molecule has 0 aliphatic rings. The van der Waals surface area contributed by atoms with Crippen molar-refractivity contribution in [2.45, 2.75) is 32.9 Å². The van der Waals surface area contributed by atoms with E-state index < -0.39 is 17.4 Å². The molecule has 0 amide bonds. The van der Waals surface area contributed by atoms with Crippen LogP contribution in [0.25, 0.3) is 0 Å². The molecule has 1 aromatic heterocycles. The molecular weight excluding hydrogens is 224 g/mol. The highest BCUT2D eigenvalue weighted by Gasteiger charge is 2.11. The Morgan fingerprint density at radius 2 is 2.12 bits per heavy atom. The SMILES string of the molecule is CCC(O)CNc1c(N)n(CC)c(=O)[nH]c1=O. The Labute approximate surface area is 98.3 Å². The first kappa shape index (κ1) is 13.3. The molecular formula is C10H18N4O3. The van der Waals surface area contributed by atoms with Gasteiger partial charge in [0.25, 0.3) is 5.56 Å². The van der Waals surface area contributed by atoms with Gasteiger partial charge in [-0.2, -0.15) is 0 Å². The van der Waals surface area contributed by atoms with Crippen molar-refractivity contribution in [3.8, 4) is 0 Å². The van der Waals surface area contributed by atoms with E-state index in [1.165, 1.54) is 4.57 Å². The first-order valence-electron chi connectivity index (χ1n) is 5.55. The maximum Gasteiger partial charge on any atom is 0.330 e. The van der Waals surface area contributed by atoms with Crippen LogP contribution in [-0.4, -0.2) is 27.3 Å². The monoisotopic (exact) mass is 242 g/mol. The van der Waals surface area contributed by atoms with E-state index in [1.807, 2.05) is 6.92 Å². The van der Waals surface area contributed by atoms with Crippen molar-refractivity contribution >= 4 is 11.5 Å². The van der Waals surface area contributed by atoms with Gasteiger partial charge in [0.15, 0.2) is 0 Å². The van der Waals surface area contributed by atoms with E-state index in [2.05, 4.69) is 10.3 Å². The van der Waals surface area contributed by atoms with Gasteiger partial charge in [-0.15, -0.1) is 0 Å². The predicted octanol–water partition coefficient (Wildman–Crippen LogP) is -0.678. The van der Waals surface area contributed by atoms with Crippen LogP contribution < -0.4 is 22.3 Å². The molecule has 1 aromatic rings. The summed E-state index contributed by atoms with van der Waals surface area (Å²) >= 11 is 0. The molecule has 5 N–H and O–H groups in total. The number of aromatic nitrogens is 2. The van der Waals surface area contributed by atoms with Gasteiger partial charge in [0, 0.05) is 13.1 Å². The van der Waals surface area contributed by atoms with Crippen LogP contribution >= 0.6 is 0 Å². The number of anilines is 2. The van der Waals surface area contributed by atoms with Crippen LogP contribution in [-0.2, 0) is 6.54 Å². The van der Waals surface area contributed by atoms with Crippen molar-refractivity contribution in [2.75, 3.05) is 17.6 Å². The van der Waals surface area contributed by atoms with Gasteiger partial charge < -0.3 is 16.2 Å². The quantitative estimate of drug-likeness (QED) is 0.546. The first-order chi connectivity index (χ1) is 8.01. The Morgan fingerprint density at radius 3 is 2.65 bits per heavy atom. The molecule has 0 aliphatic heterocycles. The molecule has 1 heterocycles. The highest BCUT2D eigenvalue weighted by molar-refractivity contribution is 5.60. The van der Waals surface area contributed by atoms with Crippen LogP contribution in [0.2, 0.25) is 0 Å². The lowest BCUT2D eigenvalue weighted by Gasteiger charge is -2.14. The maximum absolute atomic E-state index is 11.5. The fourth-order valence-corrected chi connectivity index (χ4v) is 1.44. The number of H-pyrrole nitrogens is 1. The van der Waals surface area contributed by atoms with Gasteiger partial charge in [-0.3, -0.25) is 14.3 Å². The van der Waals surface area contributed by atoms with Crippen LogP contribution in [0.1, 0.15) is 20.3 Å². The summed E-state index contributed by atoms with van der Waals surface area (Å²) in [6.45, 7) is 4.16. The van der Waals surface area contributed by atoms with Crippen LogP contribution in [0.15, 0.2) is 9.59 Å². The molecule has 0 fully saturated rings. The summed E-state index contributed by atoms with van der Waals surface area (Å²) < 4.78 is 1.25. The summed E-state index contributed by atoms with van der Waals surface area (Å²) in [4.78, 5) is 25.1. The number of aliphatic hydroxyl groups excluding tert-OH is 1. The molecule has 0 aromatic carbocycles. The zero-order valence-corrected chi connectivity index (χ0v) is 9.99. The average Bonchev–Trinajstić information content (AvgIpc) is 2.28. The lowest BCUT2D eigenvalue weighted by atomic mass is 10.3. The number of aliphatic hydroxyl groups is 1. The van der Waals surface area contributed by atoms with E-state index in [1.54, 1.807) is 6.92 Å². The molecule has 0 aliphatic carbocycles. The molecule has 0 saturated carbocycles. The van der Waals surface area contributed by atoms with Gasteiger partial charge in [-0.1, -0.05) is 6.92 Å². The number of nitrogens with zero attached hydrogens (tertiary/aromatic N) is 1. The lowest BCUT2D eigenvalue weighted by Crippen LogP contribution is -2.34. The summed E-state index contributed by atoms with van der Waals surface area (Å²) in [6, 6.07) is 0. The minimum absolute atomic E-state index is 0.0875. The molecule has 0 saturated heterocycles. The number of hydrogen-bond acceptors (Lipinski definition) is 5. The van der Waals surface area contributed by atoms with Gasteiger partial charge >= 0.3 is 5.69 Å². The summed E-state index contributed by atoms with van der Waals surface area (Å²) in [6.07, 6.45) is 0.00824.